The smallest absolute Gasteiger partial charge is 0.407 e. The summed E-state index contributed by atoms with van der Waals surface area (Å²) in [6, 6.07) is 10.5. The molecule has 4 heteroatoms. The Morgan fingerprint density at radius 1 is 1.17 bits per heavy atom. The number of hydrogen-bond donors (Lipinski definition) is 1. The number of hydrogen-bond acceptors (Lipinski definition) is 2. The van der Waals surface area contributed by atoms with Crippen molar-refractivity contribution in [2.75, 3.05) is 13.1 Å². The van der Waals surface area contributed by atoms with E-state index in [2.05, 4.69) is 24.3 Å². The fraction of sp³-hybridized carbons (Fsp3) is 0.500. The molecule has 1 amide bonds. The molecular weight excluding hydrogens is 246 g/mol. The van der Waals surface area contributed by atoms with Crippen LogP contribution in [-0.2, 0) is 0 Å². The molecule has 2 aliphatic rings. The molecule has 3 nitrogen and oxygen atoms in total. The zero-order valence-corrected chi connectivity index (χ0v) is 11.0. The van der Waals surface area contributed by atoms with Gasteiger partial charge in [-0.05, 0) is 36.8 Å². The predicted octanol–water partition coefficient (Wildman–Crippen LogP) is 3.17. The molecule has 3 rings (SSSR count). The Morgan fingerprint density at radius 3 is 2.33 bits per heavy atom. The fourth-order valence-corrected chi connectivity index (χ4v) is 4.57. The molecule has 2 fully saturated rings. The zero-order valence-electron chi connectivity index (χ0n) is 10.2. The van der Waals surface area contributed by atoms with Crippen LogP contribution in [0.5, 0.6) is 0 Å². The van der Waals surface area contributed by atoms with Gasteiger partial charge in [0.05, 0.1) is 0 Å². The van der Waals surface area contributed by atoms with Gasteiger partial charge in [-0.25, -0.2) is 4.79 Å². The van der Waals surface area contributed by atoms with E-state index in [0.29, 0.717) is 17.1 Å². The maximum atomic E-state index is 10.9. The van der Waals surface area contributed by atoms with Crippen molar-refractivity contribution >= 4 is 17.9 Å². The molecule has 2 atom stereocenters. The predicted molar refractivity (Wildman–Crippen MR) is 71.9 cm³/mol. The quantitative estimate of drug-likeness (QED) is 0.891. The molecule has 18 heavy (non-hydrogen) atoms. The van der Waals surface area contributed by atoms with Crippen molar-refractivity contribution in [2.24, 2.45) is 11.8 Å². The summed E-state index contributed by atoms with van der Waals surface area (Å²) in [7, 11) is 0. The fourth-order valence-electron chi connectivity index (χ4n) is 3.19. The Kier molecular flexibility index (Phi) is 3.20. The normalized spacial score (nSPS) is 30.4. The van der Waals surface area contributed by atoms with E-state index in [1.165, 1.54) is 4.90 Å². The minimum atomic E-state index is -0.753. The minimum absolute atomic E-state index is 0.585. The molecule has 1 aromatic carbocycles. The summed E-state index contributed by atoms with van der Waals surface area (Å²) >= 11 is 1.95. The average molecular weight is 263 g/mol. The second-order valence-corrected chi connectivity index (χ2v) is 6.61. The molecule has 2 unspecified atom stereocenters. The van der Waals surface area contributed by atoms with Crippen molar-refractivity contribution in [2.45, 2.75) is 23.0 Å². The summed E-state index contributed by atoms with van der Waals surface area (Å²) < 4.78 is 0. The van der Waals surface area contributed by atoms with E-state index in [0.717, 1.165) is 25.9 Å². The second-order valence-electron chi connectivity index (χ2n) is 5.23. The summed E-state index contributed by atoms with van der Waals surface area (Å²) in [5, 5.41) is 9.66. The van der Waals surface area contributed by atoms with Gasteiger partial charge in [0.2, 0.25) is 0 Å². The van der Waals surface area contributed by atoms with Crippen LogP contribution in [0.15, 0.2) is 35.2 Å². The van der Waals surface area contributed by atoms with Crippen molar-refractivity contribution < 1.29 is 9.90 Å². The van der Waals surface area contributed by atoms with Crippen LogP contribution < -0.4 is 0 Å². The summed E-state index contributed by atoms with van der Waals surface area (Å²) in [5.41, 5.74) is 0. The van der Waals surface area contributed by atoms with E-state index >= 15 is 0 Å². The van der Waals surface area contributed by atoms with E-state index in [1.54, 1.807) is 4.90 Å². The monoisotopic (exact) mass is 263 g/mol. The van der Waals surface area contributed by atoms with Crippen LogP contribution in [0.1, 0.15) is 12.8 Å². The summed E-state index contributed by atoms with van der Waals surface area (Å²) in [4.78, 5) is 13.8. The summed E-state index contributed by atoms with van der Waals surface area (Å²) in [6.07, 6.45) is 1.57. The molecule has 96 valence electrons. The van der Waals surface area contributed by atoms with Crippen molar-refractivity contribution in [3.05, 3.63) is 30.3 Å². The van der Waals surface area contributed by atoms with Gasteiger partial charge >= 0.3 is 6.09 Å². The highest BCUT2D eigenvalue weighted by molar-refractivity contribution is 8.00. The summed E-state index contributed by atoms with van der Waals surface area (Å²) in [5.74, 6) is 1.17. The Morgan fingerprint density at radius 2 is 1.78 bits per heavy atom. The van der Waals surface area contributed by atoms with Crippen LogP contribution in [0.2, 0.25) is 0 Å². The number of carboxylic acid groups (broad SMARTS) is 1. The molecule has 0 aromatic heterocycles. The zero-order chi connectivity index (χ0) is 12.5. The first kappa shape index (κ1) is 11.9. The average Bonchev–Trinajstić information content (AvgIpc) is 2.88. The van der Waals surface area contributed by atoms with Gasteiger partial charge in [0.15, 0.2) is 0 Å². The first-order valence-corrected chi connectivity index (χ1v) is 7.30. The standard InChI is InChI=1S/C14H17NO2S/c16-14(17)15-8-10-6-13(7-11(10)9-15)18-12-4-2-1-3-5-12/h1-5,10-11,13H,6-9H2,(H,16,17). The van der Waals surface area contributed by atoms with Crippen LogP contribution in [-0.4, -0.2) is 34.4 Å². The largest absolute Gasteiger partial charge is 0.465 e. The number of rotatable bonds is 2. The SMILES string of the molecule is O=C(O)N1CC2CC(Sc3ccccc3)CC2C1. The van der Waals surface area contributed by atoms with Gasteiger partial charge in [0.25, 0.3) is 0 Å². The van der Waals surface area contributed by atoms with E-state index < -0.39 is 6.09 Å². The van der Waals surface area contributed by atoms with Crippen molar-refractivity contribution in [3.63, 3.8) is 0 Å². The van der Waals surface area contributed by atoms with Gasteiger partial charge < -0.3 is 10.0 Å². The third-order valence-corrected chi connectivity index (χ3v) is 5.29. The molecule has 1 heterocycles. The van der Waals surface area contributed by atoms with Crippen molar-refractivity contribution in [3.8, 4) is 0 Å². The lowest BCUT2D eigenvalue weighted by molar-refractivity contribution is 0.152. The van der Waals surface area contributed by atoms with E-state index in [9.17, 15) is 4.79 Å². The molecular formula is C14H17NO2S. The Balaban J connectivity index is 1.57. The molecule has 1 saturated heterocycles. The van der Waals surface area contributed by atoms with Gasteiger partial charge in [-0.1, -0.05) is 18.2 Å². The van der Waals surface area contributed by atoms with Gasteiger partial charge in [-0.2, -0.15) is 0 Å². The van der Waals surface area contributed by atoms with Gasteiger partial charge in [-0.15, -0.1) is 11.8 Å². The Labute approximate surface area is 111 Å². The molecule has 1 aromatic rings. The van der Waals surface area contributed by atoms with Crippen LogP contribution in [0.4, 0.5) is 4.79 Å². The van der Waals surface area contributed by atoms with Gasteiger partial charge in [0, 0.05) is 23.2 Å². The molecule has 0 radical (unpaired) electrons. The molecule has 1 N–H and O–H groups in total. The van der Waals surface area contributed by atoms with E-state index in [-0.39, 0.29) is 0 Å². The molecule has 1 aliphatic heterocycles. The maximum Gasteiger partial charge on any atom is 0.407 e. The molecule has 1 aliphatic carbocycles. The lowest BCUT2D eigenvalue weighted by Gasteiger charge is -2.15. The van der Waals surface area contributed by atoms with E-state index in [4.69, 9.17) is 5.11 Å². The van der Waals surface area contributed by atoms with Crippen molar-refractivity contribution in [1.29, 1.82) is 0 Å². The third-order valence-electron chi connectivity index (χ3n) is 4.02. The first-order chi connectivity index (χ1) is 8.72. The maximum absolute atomic E-state index is 10.9. The molecule has 1 saturated carbocycles. The molecule has 0 bridgehead atoms. The number of amides is 1. The van der Waals surface area contributed by atoms with Gasteiger partial charge in [-0.3, -0.25) is 0 Å². The van der Waals surface area contributed by atoms with Gasteiger partial charge in [0.1, 0.15) is 0 Å². The van der Waals surface area contributed by atoms with Crippen LogP contribution >= 0.6 is 11.8 Å². The lowest BCUT2D eigenvalue weighted by Crippen LogP contribution is -2.28. The Hall–Kier alpha value is -1.16. The number of fused-ring (bicyclic) bond motifs is 1. The lowest BCUT2D eigenvalue weighted by atomic mass is 10.0. The van der Waals surface area contributed by atoms with Crippen molar-refractivity contribution in [1.82, 2.24) is 4.90 Å². The summed E-state index contributed by atoms with van der Waals surface area (Å²) in [6.45, 7) is 1.48. The highest BCUT2D eigenvalue weighted by atomic mass is 32.2. The highest BCUT2D eigenvalue weighted by Crippen LogP contribution is 2.44. The number of nitrogens with zero attached hydrogens (tertiary/aromatic N) is 1. The first-order valence-electron chi connectivity index (χ1n) is 6.42. The van der Waals surface area contributed by atoms with Crippen LogP contribution in [0, 0.1) is 11.8 Å². The molecule has 0 spiro atoms. The topological polar surface area (TPSA) is 40.5 Å². The highest BCUT2D eigenvalue weighted by Gasteiger charge is 2.42. The van der Waals surface area contributed by atoms with E-state index in [1.807, 2.05) is 17.8 Å². The number of carbonyl (C=O) groups is 1. The number of likely N-dealkylation sites (tertiary alicyclic amines) is 1. The number of benzene rings is 1. The van der Waals surface area contributed by atoms with Crippen LogP contribution in [0.25, 0.3) is 0 Å². The van der Waals surface area contributed by atoms with Crippen LogP contribution in [0.3, 0.4) is 0 Å². The number of thioether (sulfide) groups is 1. The minimum Gasteiger partial charge on any atom is -0.465 e. The third kappa shape index (κ3) is 2.34. The Bertz CT molecular complexity index is 423. The second kappa shape index (κ2) is 4.84.